The minimum atomic E-state index is -3.62. The van der Waals surface area contributed by atoms with E-state index in [1.807, 2.05) is 13.8 Å². The molecular formula is C15H24N2O3S. The Labute approximate surface area is 126 Å². The topological polar surface area (TPSA) is 83.6 Å². The monoisotopic (exact) mass is 312 g/mol. The van der Waals surface area contributed by atoms with E-state index in [0.29, 0.717) is 0 Å². The van der Waals surface area contributed by atoms with Crippen molar-refractivity contribution in [3.05, 3.63) is 29.8 Å². The number of hydrogen-bond donors (Lipinski definition) is 2. The van der Waals surface area contributed by atoms with Crippen LogP contribution >= 0.6 is 0 Å². The number of likely N-dealkylation sites (tertiary alicyclic amines) is 1. The van der Waals surface area contributed by atoms with Gasteiger partial charge in [0.05, 0.1) is 10.5 Å². The van der Waals surface area contributed by atoms with Crippen LogP contribution in [0.25, 0.3) is 0 Å². The van der Waals surface area contributed by atoms with Gasteiger partial charge >= 0.3 is 0 Å². The van der Waals surface area contributed by atoms with E-state index in [4.69, 9.17) is 5.14 Å². The zero-order valence-corrected chi connectivity index (χ0v) is 13.4. The number of nitrogens with two attached hydrogens (primary N) is 1. The van der Waals surface area contributed by atoms with Crippen molar-refractivity contribution < 1.29 is 13.5 Å². The molecule has 0 radical (unpaired) electrons. The number of nitrogens with zero attached hydrogens (tertiary/aromatic N) is 1. The van der Waals surface area contributed by atoms with Gasteiger partial charge in [-0.15, -0.1) is 0 Å². The maximum atomic E-state index is 11.2. The van der Waals surface area contributed by atoms with Gasteiger partial charge in [-0.1, -0.05) is 12.1 Å². The molecule has 2 rings (SSSR count). The van der Waals surface area contributed by atoms with E-state index in [1.54, 1.807) is 24.3 Å². The van der Waals surface area contributed by atoms with Gasteiger partial charge in [0.1, 0.15) is 0 Å². The molecule has 1 aliphatic heterocycles. The smallest absolute Gasteiger partial charge is 0.238 e. The minimum Gasteiger partial charge on any atom is -0.389 e. The molecule has 6 heteroatoms. The van der Waals surface area contributed by atoms with Crippen LogP contribution in [0.2, 0.25) is 0 Å². The van der Waals surface area contributed by atoms with Crippen molar-refractivity contribution >= 4 is 10.0 Å². The van der Waals surface area contributed by atoms with Gasteiger partial charge < -0.3 is 5.11 Å². The number of aliphatic hydroxyl groups is 1. The van der Waals surface area contributed by atoms with Gasteiger partial charge in [0.2, 0.25) is 10.0 Å². The highest BCUT2D eigenvalue weighted by Crippen LogP contribution is 2.26. The maximum Gasteiger partial charge on any atom is 0.238 e. The lowest BCUT2D eigenvalue weighted by Crippen LogP contribution is -2.46. The molecule has 0 saturated carbocycles. The molecule has 0 aromatic heterocycles. The molecule has 1 aromatic rings. The summed E-state index contributed by atoms with van der Waals surface area (Å²) < 4.78 is 22.4. The quantitative estimate of drug-likeness (QED) is 0.853. The Kier molecular flexibility index (Phi) is 4.72. The molecule has 5 nitrogen and oxygen atoms in total. The van der Waals surface area contributed by atoms with E-state index >= 15 is 0 Å². The van der Waals surface area contributed by atoms with Crippen LogP contribution in [0.3, 0.4) is 0 Å². The predicted octanol–water partition coefficient (Wildman–Crippen LogP) is 1.11. The molecule has 0 aliphatic carbocycles. The summed E-state index contributed by atoms with van der Waals surface area (Å²) in [5.41, 5.74) is 0.386. The van der Waals surface area contributed by atoms with Crippen LogP contribution in [0.15, 0.2) is 29.2 Å². The van der Waals surface area contributed by atoms with Gasteiger partial charge in [-0.05, 0) is 57.4 Å². The normalized spacial score (nSPS) is 20.9. The average molecular weight is 312 g/mol. The second kappa shape index (κ2) is 6.04. The van der Waals surface area contributed by atoms with E-state index in [9.17, 15) is 13.5 Å². The summed E-state index contributed by atoms with van der Waals surface area (Å²) in [7, 11) is -3.62. The highest BCUT2D eigenvalue weighted by atomic mass is 32.2. The fourth-order valence-electron chi connectivity index (χ4n) is 3.01. The molecule has 0 amide bonds. The number of rotatable bonds is 5. The van der Waals surface area contributed by atoms with Crippen LogP contribution in [0.5, 0.6) is 0 Å². The lowest BCUT2D eigenvalue weighted by atomic mass is 9.96. The SMILES string of the molecule is CC(C)(O)C1CCCN1CCc1ccc(S(N)(=O)=O)cc1. The highest BCUT2D eigenvalue weighted by molar-refractivity contribution is 7.89. The van der Waals surface area contributed by atoms with Crippen molar-refractivity contribution in [2.24, 2.45) is 5.14 Å². The first kappa shape index (κ1) is 16.4. The summed E-state index contributed by atoms with van der Waals surface area (Å²) in [5, 5.41) is 15.3. The third-order valence-corrected chi connectivity index (χ3v) is 5.05. The zero-order valence-electron chi connectivity index (χ0n) is 12.6. The molecule has 118 valence electrons. The van der Waals surface area contributed by atoms with E-state index < -0.39 is 15.6 Å². The second-order valence-electron chi connectivity index (χ2n) is 6.29. The van der Waals surface area contributed by atoms with Gasteiger partial charge in [0.25, 0.3) is 0 Å². The van der Waals surface area contributed by atoms with Crippen LogP contribution in [0.4, 0.5) is 0 Å². The third kappa shape index (κ3) is 4.26. The van der Waals surface area contributed by atoms with Crippen LogP contribution in [0, 0.1) is 0 Å². The molecule has 1 aromatic carbocycles. The first-order chi connectivity index (χ1) is 9.68. The van der Waals surface area contributed by atoms with Crippen molar-refractivity contribution in [3.8, 4) is 0 Å². The zero-order chi connectivity index (χ0) is 15.7. The summed E-state index contributed by atoms with van der Waals surface area (Å²) in [6.45, 7) is 5.58. The van der Waals surface area contributed by atoms with E-state index in [0.717, 1.165) is 37.9 Å². The van der Waals surface area contributed by atoms with Gasteiger partial charge in [0.15, 0.2) is 0 Å². The van der Waals surface area contributed by atoms with Gasteiger partial charge in [-0.2, -0.15) is 0 Å². The first-order valence-electron chi connectivity index (χ1n) is 7.26. The Morgan fingerprint density at radius 1 is 1.33 bits per heavy atom. The van der Waals surface area contributed by atoms with E-state index in [-0.39, 0.29) is 10.9 Å². The number of primary sulfonamides is 1. The standard InChI is InChI=1S/C15H24N2O3S/c1-15(2,18)14-4-3-10-17(14)11-9-12-5-7-13(8-6-12)21(16,19)20/h5-8,14,18H,3-4,9-11H2,1-2H3,(H2,16,19,20). The number of sulfonamides is 1. The molecule has 1 heterocycles. The van der Waals surface area contributed by atoms with Crippen molar-refractivity contribution in [2.45, 2.75) is 49.6 Å². The molecule has 1 unspecified atom stereocenters. The predicted molar refractivity (Wildman–Crippen MR) is 82.4 cm³/mol. The Morgan fingerprint density at radius 3 is 2.48 bits per heavy atom. The molecule has 1 fully saturated rings. The summed E-state index contributed by atoms with van der Waals surface area (Å²) in [6, 6.07) is 6.88. The van der Waals surface area contributed by atoms with Crippen molar-refractivity contribution in [1.82, 2.24) is 4.90 Å². The minimum absolute atomic E-state index is 0.141. The lowest BCUT2D eigenvalue weighted by molar-refractivity contribution is -0.00196. The first-order valence-corrected chi connectivity index (χ1v) is 8.81. The molecular weight excluding hydrogens is 288 g/mol. The Hall–Kier alpha value is -0.950. The summed E-state index contributed by atoms with van der Waals surface area (Å²) in [5.74, 6) is 0. The molecule has 1 aliphatic rings. The van der Waals surface area contributed by atoms with Crippen molar-refractivity contribution in [3.63, 3.8) is 0 Å². The van der Waals surface area contributed by atoms with Crippen molar-refractivity contribution in [1.29, 1.82) is 0 Å². The van der Waals surface area contributed by atoms with Gasteiger partial charge in [0, 0.05) is 12.6 Å². The van der Waals surface area contributed by atoms with Crippen LogP contribution < -0.4 is 5.14 Å². The fourth-order valence-corrected chi connectivity index (χ4v) is 3.53. The summed E-state index contributed by atoms with van der Waals surface area (Å²) in [4.78, 5) is 2.45. The van der Waals surface area contributed by atoms with Crippen LogP contribution in [-0.4, -0.2) is 43.2 Å². The molecule has 0 spiro atoms. The van der Waals surface area contributed by atoms with E-state index in [2.05, 4.69) is 4.90 Å². The lowest BCUT2D eigenvalue weighted by Gasteiger charge is -2.33. The van der Waals surface area contributed by atoms with Gasteiger partial charge in [-0.3, -0.25) is 4.90 Å². The largest absolute Gasteiger partial charge is 0.389 e. The highest BCUT2D eigenvalue weighted by Gasteiger charge is 2.35. The summed E-state index contributed by atoms with van der Waals surface area (Å²) in [6.07, 6.45) is 2.96. The number of benzene rings is 1. The Morgan fingerprint density at radius 2 is 1.95 bits per heavy atom. The van der Waals surface area contributed by atoms with Crippen molar-refractivity contribution in [2.75, 3.05) is 13.1 Å². The van der Waals surface area contributed by atoms with Gasteiger partial charge in [-0.25, -0.2) is 13.6 Å². The average Bonchev–Trinajstić information content (AvgIpc) is 2.84. The Balaban J connectivity index is 1.97. The fraction of sp³-hybridized carbons (Fsp3) is 0.600. The summed E-state index contributed by atoms with van der Waals surface area (Å²) >= 11 is 0. The maximum absolute atomic E-state index is 11.2. The number of hydrogen-bond acceptors (Lipinski definition) is 4. The van der Waals surface area contributed by atoms with Crippen LogP contribution in [-0.2, 0) is 16.4 Å². The Bertz CT molecular complexity index is 576. The molecule has 1 saturated heterocycles. The molecule has 3 N–H and O–H groups in total. The van der Waals surface area contributed by atoms with Crippen LogP contribution in [0.1, 0.15) is 32.3 Å². The molecule has 1 atom stereocenters. The third-order valence-electron chi connectivity index (χ3n) is 4.12. The molecule has 0 bridgehead atoms. The molecule has 21 heavy (non-hydrogen) atoms. The van der Waals surface area contributed by atoms with E-state index in [1.165, 1.54) is 0 Å². The second-order valence-corrected chi connectivity index (χ2v) is 7.85.